The average Bonchev–Trinajstić information content (AvgIpc) is 2.82. The topological polar surface area (TPSA) is 72.0 Å². The van der Waals surface area contributed by atoms with E-state index in [1.165, 1.54) is 0 Å². The van der Waals surface area contributed by atoms with Crippen LogP contribution in [-0.2, 0) is 16.4 Å². The molecule has 0 spiro atoms. The van der Waals surface area contributed by atoms with Gasteiger partial charge < -0.3 is 0 Å². The molecule has 3 aromatic rings. The highest BCUT2D eigenvalue weighted by molar-refractivity contribution is 7.92. The van der Waals surface area contributed by atoms with Gasteiger partial charge in [-0.25, -0.2) is 18.4 Å². The minimum atomic E-state index is -3.39. The van der Waals surface area contributed by atoms with Gasteiger partial charge in [-0.3, -0.25) is 4.72 Å². The number of rotatable bonds is 4. The number of aromatic nitrogens is 2. The first-order valence-electron chi connectivity index (χ1n) is 6.64. The molecule has 1 N–H and O–H groups in total. The smallest absolute Gasteiger partial charge is 0.231 e. The Hall–Kier alpha value is -1.73. The van der Waals surface area contributed by atoms with Crippen molar-refractivity contribution in [1.29, 1.82) is 0 Å². The van der Waals surface area contributed by atoms with Crippen molar-refractivity contribution in [2.24, 2.45) is 0 Å². The SMILES string of the molecule is CCCc1nc2c(NS(C)(=O)=O)nc3ccccc3c2s1. The number of hydrogen-bond acceptors (Lipinski definition) is 5. The Morgan fingerprint density at radius 1 is 1.24 bits per heavy atom. The summed E-state index contributed by atoms with van der Waals surface area (Å²) in [5.41, 5.74) is 1.40. The lowest BCUT2D eigenvalue weighted by molar-refractivity contribution is 0.606. The minimum absolute atomic E-state index is 0.310. The first-order valence-corrected chi connectivity index (χ1v) is 9.34. The van der Waals surface area contributed by atoms with Gasteiger partial charge in [0.05, 0.1) is 21.5 Å². The molecule has 7 heteroatoms. The molecule has 0 aliphatic carbocycles. The number of pyridine rings is 1. The van der Waals surface area contributed by atoms with Crippen molar-refractivity contribution >= 4 is 48.3 Å². The van der Waals surface area contributed by atoms with Crippen molar-refractivity contribution in [2.75, 3.05) is 11.0 Å². The fourth-order valence-electron chi connectivity index (χ4n) is 2.21. The minimum Gasteiger partial charge on any atom is -0.266 e. The molecule has 21 heavy (non-hydrogen) atoms. The molecule has 0 unspecified atom stereocenters. The van der Waals surface area contributed by atoms with E-state index in [0.717, 1.165) is 39.7 Å². The number of nitrogens with zero attached hydrogens (tertiary/aromatic N) is 2. The molecular formula is C14H15N3O2S2. The summed E-state index contributed by atoms with van der Waals surface area (Å²) < 4.78 is 26.5. The Bertz CT molecular complexity index is 917. The van der Waals surface area contributed by atoms with Crippen LogP contribution in [0, 0.1) is 0 Å². The maximum Gasteiger partial charge on any atom is 0.231 e. The van der Waals surface area contributed by atoms with Gasteiger partial charge in [0, 0.05) is 5.39 Å². The first kappa shape index (κ1) is 14.2. The van der Waals surface area contributed by atoms with E-state index < -0.39 is 10.0 Å². The lowest BCUT2D eigenvalue weighted by Gasteiger charge is -2.06. The van der Waals surface area contributed by atoms with Crippen molar-refractivity contribution in [3.8, 4) is 0 Å². The summed E-state index contributed by atoms with van der Waals surface area (Å²) in [5, 5.41) is 2.01. The van der Waals surface area contributed by atoms with Gasteiger partial charge in [-0.05, 0) is 18.9 Å². The highest BCUT2D eigenvalue weighted by atomic mass is 32.2. The third-order valence-electron chi connectivity index (χ3n) is 3.02. The van der Waals surface area contributed by atoms with Crippen LogP contribution in [0.15, 0.2) is 24.3 Å². The second-order valence-electron chi connectivity index (χ2n) is 4.89. The van der Waals surface area contributed by atoms with E-state index in [0.29, 0.717) is 11.3 Å². The van der Waals surface area contributed by atoms with Gasteiger partial charge in [0.2, 0.25) is 10.0 Å². The van der Waals surface area contributed by atoms with Crippen LogP contribution < -0.4 is 4.72 Å². The third kappa shape index (κ3) is 2.84. The van der Waals surface area contributed by atoms with E-state index in [4.69, 9.17) is 0 Å². The summed E-state index contributed by atoms with van der Waals surface area (Å²) in [6, 6.07) is 7.70. The molecule has 0 aliphatic rings. The molecular weight excluding hydrogens is 306 g/mol. The van der Waals surface area contributed by atoms with Crippen molar-refractivity contribution in [3.05, 3.63) is 29.3 Å². The molecule has 0 fully saturated rings. The molecule has 0 saturated heterocycles. The summed E-state index contributed by atoms with van der Waals surface area (Å²) in [6.45, 7) is 2.10. The quantitative estimate of drug-likeness (QED) is 0.801. The van der Waals surface area contributed by atoms with Crippen LogP contribution in [0.1, 0.15) is 18.4 Å². The van der Waals surface area contributed by atoms with Crippen LogP contribution in [0.3, 0.4) is 0 Å². The zero-order valence-electron chi connectivity index (χ0n) is 11.8. The monoisotopic (exact) mass is 321 g/mol. The Morgan fingerprint density at radius 2 is 2.00 bits per heavy atom. The van der Waals surface area contributed by atoms with Crippen molar-refractivity contribution in [2.45, 2.75) is 19.8 Å². The second-order valence-corrected chi connectivity index (χ2v) is 7.72. The number of fused-ring (bicyclic) bond motifs is 3. The number of anilines is 1. The fourth-order valence-corrected chi connectivity index (χ4v) is 3.91. The largest absolute Gasteiger partial charge is 0.266 e. The molecule has 110 valence electrons. The number of thiazole rings is 1. The van der Waals surface area contributed by atoms with Crippen LogP contribution in [0.25, 0.3) is 21.1 Å². The van der Waals surface area contributed by atoms with Crippen molar-refractivity contribution in [3.63, 3.8) is 0 Å². The summed E-state index contributed by atoms with van der Waals surface area (Å²) in [7, 11) is -3.39. The van der Waals surface area contributed by atoms with Crippen LogP contribution in [-0.4, -0.2) is 24.6 Å². The molecule has 0 atom stereocenters. The van der Waals surface area contributed by atoms with E-state index >= 15 is 0 Å². The molecule has 5 nitrogen and oxygen atoms in total. The Kier molecular flexibility index (Phi) is 3.54. The second kappa shape index (κ2) is 5.23. The highest BCUT2D eigenvalue weighted by Gasteiger charge is 2.15. The highest BCUT2D eigenvalue weighted by Crippen LogP contribution is 2.34. The summed E-state index contributed by atoms with van der Waals surface area (Å²) in [4.78, 5) is 8.98. The number of para-hydroxylation sites is 1. The first-order chi connectivity index (χ1) is 9.98. The molecule has 0 saturated carbocycles. The van der Waals surface area contributed by atoms with Gasteiger partial charge in [-0.2, -0.15) is 0 Å². The normalized spacial score (nSPS) is 12.1. The molecule has 0 bridgehead atoms. The summed E-state index contributed by atoms with van der Waals surface area (Å²) >= 11 is 1.61. The molecule has 0 radical (unpaired) electrons. The lowest BCUT2D eigenvalue weighted by atomic mass is 10.2. The number of nitrogens with one attached hydrogen (secondary N) is 1. The third-order valence-corrected chi connectivity index (χ3v) is 4.74. The predicted molar refractivity (Wildman–Crippen MR) is 87.4 cm³/mol. The van der Waals surface area contributed by atoms with Gasteiger partial charge in [-0.15, -0.1) is 11.3 Å². The average molecular weight is 321 g/mol. The maximum absolute atomic E-state index is 11.5. The maximum atomic E-state index is 11.5. The van der Waals surface area contributed by atoms with Crippen molar-refractivity contribution in [1.82, 2.24) is 9.97 Å². The number of aryl methyl sites for hydroxylation is 1. The lowest BCUT2D eigenvalue weighted by Crippen LogP contribution is -2.11. The molecule has 2 aromatic heterocycles. The fraction of sp³-hybridized carbons (Fsp3) is 0.286. The molecule has 0 aliphatic heterocycles. The predicted octanol–water partition coefficient (Wildman–Crippen LogP) is 3.17. The number of benzene rings is 1. The van der Waals surface area contributed by atoms with Crippen molar-refractivity contribution < 1.29 is 8.42 Å². The molecule has 1 aromatic carbocycles. The molecule has 3 rings (SSSR count). The number of hydrogen-bond donors (Lipinski definition) is 1. The Labute approximate surface area is 127 Å². The van der Waals surface area contributed by atoms with Gasteiger partial charge in [0.1, 0.15) is 5.52 Å². The zero-order chi connectivity index (χ0) is 15.0. The van der Waals surface area contributed by atoms with E-state index in [9.17, 15) is 8.42 Å². The van der Waals surface area contributed by atoms with Crippen LogP contribution in [0.4, 0.5) is 5.82 Å². The van der Waals surface area contributed by atoms with E-state index in [1.54, 1.807) is 11.3 Å². The summed E-state index contributed by atoms with van der Waals surface area (Å²) in [5.74, 6) is 0.310. The standard InChI is InChI=1S/C14H15N3O2S2/c1-3-6-11-16-12-13(20-11)9-7-4-5-8-10(9)15-14(12)17-21(2,18)19/h4-5,7-8H,3,6H2,1-2H3,(H,15,17). The van der Waals surface area contributed by atoms with Gasteiger partial charge >= 0.3 is 0 Å². The van der Waals surface area contributed by atoms with Crippen LogP contribution in [0.5, 0.6) is 0 Å². The van der Waals surface area contributed by atoms with Crippen LogP contribution >= 0.6 is 11.3 Å². The van der Waals surface area contributed by atoms with E-state index in [-0.39, 0.29) is 0 Å². The van der Waals surface area contributed by atoms with Crippen LogP contribution in [0.2, 0.25) is 0 Å². The van der Waals surface area contributed by atoms with Gasteiger partial charge in [0.15, 0.2) is 5.82 Å². The zero-order valence-corrected chi connectivity index (χ0v) is 13.4. The van der Waals surface area contributed by atoms with E-state index in [1.807, 2.05) is 24.3 Å². The number of sulfonamides is 1. The summed E-state index contributed by atoms with van der Waals surface area (Å²) in [6.07, 6.45) is 3.00. The van der Waals surface area contributed by atoms with E-state index in [2.05, 4.69) is 21.6 Å². The van der Waals surface area contributed by atoms with Gasteiger partial charge in [-0.1, -0.05) is 25.1 Å². The Balaban J connectivity index is 2.33. The van der Waals surface area contributed by atoms with Gasteiger partial charge in [0.25, 0.3) is 0 Å². The molecule has 0 amide bonds. The Morgan fingerprint density at radius 3 is 2.71 bits per heavy atom. The molecule has 2 heterocycles.